The molecule has 0 aromatic carbocycles. The summed E-state index contributed by atoms with van der Waals surface area (Å²) >= 11 is 0. The fourth-order valence-corrected chi connectivity index (χ4v) is 8.32. The molecule has 2 fully saturated rings. The van der Waals surface area contributed by atoms with Gasteiger partial charge < -0.3 is 24.2 Å². The van der Waals surface area contributed by atoms with Crippen LogP contribution in [0.1, 0.15) is 59.5 Å². The number of carbonyl (C=O) groups excluding carboxylic acids is 2. The van der Waals surface area contributed by atoms with E-state index in [1.54, 1.807) is 14.1 Å². The summed E-state index contributed by atoms with van der Waals surface area (Å²) in [5, 5.41) is 13.2. The van der Waals surface area contributed by atoms with Gasteiger partial charge in [-0.1, -0.05) is 13.8 Å². The van der Waals surface area contributed by atoms with Gasteiger partial charge >= 0.3 is 18.4 Å². The summed E-state index contributed by atoms with van der Waals surface area (Å²) in [6, 6.07) is -0.394. The number of aryl methyl sites for hydroxylation is 1. The van der Waals surface area contributed by atoms with Crippen molar-refractivity contribution in [2.45, 2.75) is 62.5 Å². The molecule has 5 aromatic rings. The number of rotatable bonds is 13. The van der Waals surface area contributed by atoms with Gasteiger partial charge in [0.15, 0.2) is 23.0 Å². The monoisotopic (exact) mass is 1010 g/mol. The number of amides is 2. The zero-order valence-corrected chi connectivity index (χ0v) is 38.0. The predicted octanol–water partition coefficient (Wildman–Crippen LogP) is 6.12. The molecule has 0 aliphatic carbocycles. The zero-order valence-electron chi connectivity index (χ0n) is 38.0. The smallest absolute Gasteiger partial charge is 0.434 e. The average Bonchev–Trinajstić information content (AvgIpc) is 3.70. The van der Waals surface area contributed by atoms with Gasteiger partial charge in [-0.15, -0.1) is 0 Å². The highest BCUT2D eigenvalue weighted by atomic mass is 19.4. The predicted molar refractivity (Wildman–Crippen MR) is 227 cm³/mol. The summed E-state index contributed by atoms with van der Waals surface area (Å²) < 4.78 is 156. The Morgan fingerprint density at radius 3 is 2.14 bits per heavy atom. The van der Waals surface area contributed by atoms with Crippen LogP contribution in [0, 0.1) is 17.2 Å². The summed E-state index contributed by atoms with van der Waals surface area (Å²) in [6.07, 6.45) is -1.89. The van der Waals surface area contributed by atoms with Gasteiger partial charge in [-0.05, 0) is 24.0 Å². The van der Waals surface area contributed by atoms with Crippen LogP contribution in [-0.4, -0.2) is 146 Å². The number of ether oxygens (including phenoxy) is 2. The van der Waals surface area contributed by atoms with Crippen LogP contribution in [0.5, 0.6) is 11.9 Å². The first-order chi connectivity index (χ1) is 33.2. The van der Waals surface area contributed by atoms with Crippen molar-refractivity contribution >= 4 is 23.1 Å². The Hall–Kier alpha value is -7.42. The van der Waals surface area contributed by atoms with Crippen LogP contribution < -0.4 is 9.47 Å². The maximum absolute atomic E-state index is 17.0. The molecule has 0 bridgehead atoms. The van der Waals surface area contributed by atoms with E-state index < -0.39 is 133 Å². The Morgan fingerprint density at radius 1 is 0.845 bits per heavy atom. The van der Waals surface area contributed by atoms with E-state index in [4.69, 9.17) is 14.9 Å². The van der Waals surface area contributed by atoms with Crippen LogP contribution in [0.4, 0.5) is 43.9 Å². The third kappa shape index (κ3) is 11.5. The quantitative estimate of drug-likeness (QED) is 0.104. The standard InChI is InChI=1S/C43H42F10N14O4/c1-22-11-40(44,45)20-66(28(22)18-71-39-60-12-24(13-61-39)42(48,49)50)38(69)34-26(17-65(5)63-34)36-57-10-7-27(62-36)32-23(2)29(19-70-31-15-58-30(14-59-31)43(51,52)53)67(21-41(32,46)47)37(68)33(54)25(16-64(3)4)35-55-8-6-9-56-35/h6-10,12-17,22-23,28-29,32,54H,11,18-21H2,1-5H3/b25-16+,54-33?/t22-,23+,28-,29-,32?/m1/s1. The van der Waals surface area contributed by atoms with Crippen LogP contribution in [0.2, 0.25) is 0 Å². The number of likely N-dealkylation sites (tertiary alicyclic amines) is 2. The van der Waals surface area contributed by atoms with Crippen molar-refractivity contribution in [3.8, 4) is 23.3 Å². The van der Waals surface area contributed by atoms with Crippen molar-refractivity contribution in [1.82, 2.24) is 64.4 Å². The van der Waals surface area contributed by atoms with Crippen molar-refractivity contribution in [2.24, 2.45) is 18.9 Å². The first-order valence-corrected chi connectivity index (χ1v) is 21.3. The molecule has 5 atom stereocenters. The van der Waals surface area contributed by atoms with Gasteiger partial charge in [-0.25, -0.2) is 57.4 Å². The molecule has 5 aromatic heterocycles. The largest absolute Gasteiger partial charge is 0.474 e. The molecule has 7 rings (SSSR count). The first-order valence-electron chi connectivity index (χ1n) is 21.3. The lowest BCUT2D eigenvalue weighted by molar-refractivity contribution is -0.155. The minimum atomic E-state index is -4.85. The lowest BCUT2D eigenvalue weighted by Crippen LogP contribution is -2.62. The van der Waals surface area contributed by atoms with E-state index in [-0.39, 0.29) is 28.5 Å². The zero-order chi connectivity index (χ0) is 51.8. The maximum atomic E-state index is 17.0. The molecule has 2 aliphatic heterocycles. The Morgan fingerprint density at radius 2 is 1.52 bits per heavy atom. The fraction of sp³-hybridized carbons (Fsp3) is 0.442. The molecule has 1 unspecified atom stereocenters. The SMILES string of the molecule is C[C@@H]1CC(F)(F)CN(C(=O)c2nn(C)cc2-c2nccc(C3[C@@H](C)[C@@H](COc4cnc(C(F)(F)F)cn4)N(C(=O)C(=N)/C(=C\N(C)C)c4ncccn4)CC3(F)F)n2)[C@@H]1COc1ncc(C(F)(F)F)cn1. The van der Waals surface area contributed by atoms with E-state index >= 15 is 17.6 Å². The molecule has 0 spiro atoms. The van der Waals surface area contributed by atoms with E-state index in [0.29, 0.717) is 29.7 Å². The highest BCUT2D eigenvalue weighted by Gasteiger charge is 2.56. The summed E-state index contributed by atoms with van der Waals surface area (Å²) in [6.45, 7) is -0.925. The molecule has 2 saturated heterocycles. The van der Waals surface area contributed by atoms with Crippen molar-refractivity contribution in [3.05, 3.63) is 96.4 Å². The van der Waals surface area contributed by atoms with Crippen LogP contribution in [0.25, 0.3) is 17.0 Å². The van der Waals surface area contributed by atoms with Crippen molar-refractivity contribution in [1.29, 1.82) is 5.41 Å². The summed E-state index contributed by atoms with van der Waals surface area (Å²) in [7, 11) is 4.54. The number of nitrogens with zero attached hydrogens (tertiary/aromatic N) is 13. The molecule has 0 saturated carbocycles. The molecule has 7 heterocycles. The second kappa shape index (κ2) is 19.8. The van der Waals surface area contributed by atoms with E-state index in [9.17, 15) is 35.9 Å². The summed E-state index contributed by atoms with van der Waals surface area (Å²) in [4.78, 5) is 62.6. The average molecular weight is 1010 g/mol. The van der Waals surface area contributed by atoms with Crippen LogP contribution in [0.15, 0.2) is 67.9 Å². The van der Waals surface area contributed by atoms with E-state index in [1.807, 2.05) is 0 Å². The normalized spacial score (nSPS) is 21.4. The molecule has 1 N–H and O–H groups in total. The lowest BCUT2D eigenvalue weighted by Gasteiger charge is -2.47. The number of nitrogens with one attached hydrogen (secondary N) is 1. The minimum absolute atomic E-state index is 0.0797. The number of piperidine rings is 2. The van der Waals surface area contributed by atoms with Crippen molar-refractivity contribution in [3.63, 3.8) is 0 Å². The number of aromatic nitrogens is 10. The van der Waals surface area contributed by atoms with E-state index in [1.165, 1.54) is 56.7 Å². The van der Waals surface area contributed by atoms with Gasteiger partial charge in [0.1, 0.15) is 18.9 Å². The van der Waals surface area contributed by atoms with Crippen molar-refractivity contribution < 1.29 is 63.0 Å². The highest BCUT2D eigenvalue weighted by Crippen LogP contribution is 2.47. The van der Waals surface area contributed by atoms with Crippen LogP contribution in [0.3, 0.4) is 0 Å². The Labute approximate surface area is 396 Å². The molecule has 378 valence electrons. The van der Waals surface area contributed by atoms with E-state index in [2.05, 4.69) is 45.0 Å². The topological polar surface area (TPSA) is 207 Å². The van der Waals surface area contributed by atoms with Crippen LogP contribution in [-0.2, 0) is 24.2 Å². The third-order valence-electron chi connectivity index (χ3n) is 11.6. The maximum Gasteiger partial charge on any atom is 0.434 e. The second-order valence-corrected chi connectivity index (χ2v) is 17.1. The molecule has 0 radical (unpaired) electrons. The van der Waals surface area contributed by atoms with Crippen LogP contribution >= 0.6 is 0 Å². The number of carbonyl (C=O) groups is 2. The third-order valence-corrected chi connectivity index (χ3v) is 11.6. The Kier molecular flexibility index (Phi) is 14.3. The number of hydrogen-bond donors (Lipinski definition) is 1. The fourth-order valence-electron chi connectivity index (χ4n) is 8.32. The van der Waals surface area contributed by atoms with Gasteiger partial charge in [0.05, 0.1) is 65.9 Å². The molecular formula is C43H42F10N14O4. The van der Waals surface area contributed by atoms with Gasteiger partial charge in [0.2, 0.25) is 5.88 Å². The molecule has 71 heavy (non-hydrogen) atoms. The first kappa shape index (κ1) is 51.4. The number of hydrogen-bond acceptors (Lipinski definition) is 15. The number of alkyl halides is 10. The molecular weight excluding hydrogens is 967 g/mol. The van der Waals surface area contributed by atoms with Gasteiger partial charge in [0.25, 0.3) is 23.7 Å². The minimum Gasteiger partial charge on any atom is -0.474 e. The molecule has 2 amide bonds. The Balaban J connectivity index is 1.21. The molecule has 18 nitrogen and oxygen atoms in total. The van der Waals surface area contributed by atoms with Gasteiger partial charge in [0, 0.05) is 70.9 Å². The van der Waals surface area contributed by atoms with E-state index in [0.717, 1.165) is 21.8 Å². The Bertz CT molecular complexity index is 2760. The van der Waals surface area contributed by atoms with Gasteiger partial charge in [-0.3, -0.25) is 19.7 Å². The van der Waals surface area contributed by atoms with Crippen molar-refractivity contribution in [2.75, 3.05) is 40.4 Å². The highest BCUT2D eigenvalue weighted by molar-refractivity contribution is 6.54. The summed E-state index contributed by atoms with van der Waals surface area (Å²) in [5.41, 5.74) is -4.41. The number of halogens is 10. The van der Waals surface area contributed by atoms with Gasteiger partial charge in [-0.2, -0.15) is 31.4 Å². The molecule has 2 aliphatic rings. The summed E-state index contributed by atoms with van der Waals surface area (Å²) in [5.74, 6) is -14.6. The molecule has 28 heteroatoms. The lowest BCUT2D eigenvalue weighted by atomic mass is 9.76. The second-order valence-electron chi connectivity index (χ2n) is 17.1.